The van der Waals surface area contributed by atoms with E-state index in [9.17, 15) is 0 Å². The summed E-state index contributed by atoms with van der Waals surface area (Å²) in [6.45, 7) is 2.56. The number of thioether (sulfide) groups is 1. The van der Waals surface area contributed by atoms with Crippen LogP contribution in [0.4, 0.5) is 0 Å². The minimum absolute atomic E-state index is 0.634. The lowest BCUT2D eigenvalue weighted by atomic mass is 10.1. The van der Waals surface area contributed by atoms with Gasteiger partial charge in [0.05, 0.1) is 18.5 Å². The Labute approximate surface area is 115 Å². The minimum atomic E-state index is 0.634. The first-order valence-corrected chi connectivity index (χ1v) is 7.70. The van der Waals surface area contributed by atoms with E-state index in [4.69, 9.17) is 10.5 Å². The average Bonchev–Trinajstić information content (AvgIpc) is 2.26. The number of hydrogen-bond acceptors (Lipinski definition) is 3. The highest BCUT2D eigenvalue weighted by molar-refractivity contribution is 9.10. The van der Waals surface area contributed by atoms with E-state index in [1.807, 2.05) is 11.8 Å². The molecule has 0 unspecified atom stereocenters. The first-order valence-electron chi connectivity index (χ1n) is 6.02. The van der Waals surface area contributed by atoms with Crippen molar-refractivity contribution in [2.45, 2.75) is 29.4 Å². The van der Waals surface area contributed by atoms with Crippen LogP contribution in [0.25, 0.3) is 0 Å². The van der Waals surface area contributed by atoms with Crippen LogP contribution in [0.15, 0.2) is 27.6 Å². The SMILES string of the molecule is NCCCCc1ccc(SC2COC2)c(Br)c1. The fourth-order valence-electron chi connectivity index (χ4n) is 1.73. The van der Waals surface area contributed by atoms with Crippen LogP contribution in [0.2, 0.25) is 0 Å². The summed E-state index contributed by atoms with van der Waals surface area (Å²) in [5, 5.41) is 0.634. The number of hydrogen-bond donors (Lipinski definition) is 1. The highest BCUT2D eigenvalue weighted by Gasteiger charge is 2.20. The molecule has 1 aliphatic rings. The highest BCUT2D eigenvalue weighted by atomic mass is 79.9. The molecule has 0 atom stereocenters. The second-order valence-electron chi connectivity index (χ2n) is 4.29. The molecule has 0 aliphatic carbocycles. The summed E-state index contributed by atoms with van der Waals surface area (Å²) < 4.78 is 6.40. The van der Waals surface area contributed by atoms with Gasteiger partial charge in [0.2, 0.25) is 0 Å². The molecule has 17 heavy (non-hydrogen) atoms. The van der Waals surface area contributed by atoms with Crippen LogP contribution in [-0.2, 0) is 11.2 Å². The first kappa shape index (κ1) is 13.4. The summed E-state index contributed by atoms with van der Waals surface area (Å²) in [6, 6.07) is 6.67. The molecular formula is C13H18BrNOS. The first-order chi connectivity index (χ1) is 8.29. The minimum Gasteiger partial charge on any atom is -0.379 e. The molecule has 1 aromatic rings. The number of benzene rings is 1. The van der Waals surface area contributed by atoms with Gasteiger partial charge < -0.3 is 10.5 Å². The third-order valence-corrected chi connectivity index (χ3v) is 4.95. The van der Waals surface area contributed by atoms with Crippen molar-refractivity contribution < 1.29 is 4.74 Å². The van der Waals surface area contributed by atoms with Crippen molar-refractivity contribution in [3.8, 4) is 0 Å². The maximum absolute atomic E-state index is 5.50. The maximum atomic E-state index is 5.50. The smallest absolute Gasteiger partial charge is 0.0611 e. The zero-order valence-corrected chi connectivity index (χ0v) is 12.2. The van der Waals surface area contributed by atoms with E-state index >= 15 is 0 Å². The van der Waals surface area contributed by atoms with E-state index in [-0.39, 0.29) is 0 Å². The van der Waals surface area contributed by atoms with Crippen LogP contribution in [0.5, 0.6) is 0 Å². The van der Waals surface area contributed by atoms with Crippen molar-refractivity contribution in [3.63, 3.8) is 0 Å². The lowest BCUT2D eigenvalue weighted by molar-refractivity contribution is 0.0455. The molecule has 94 valence electrons. The molecule has 1 aliphatic heterocycles. The summed E-state index contributed by atoms with van der Waals surface area (Å²) >= 11 is 5.55. The quantitative estimate of drug-likeness (QED) is 0.819. The topological polar surface area (TPSA) is 35.2 Å². The molecule has 2 N–H and O–H groups in total. The average molecular weight is 316 g/mol. The Bertz CT molecular complexity index is 368. The Balaban J connectivity index is 1.90. The van der Waals surface area contributed by atoms with Crippen molar-refractivity contribution in [3.05, 3.63) is 28.2 Å². The fraction of sp³-hybridized carbons (Fsp3) is 0.538. The monoisotopic (exact) mass is 315 g/mol. The molecule has 1 aromatic carbocycles. The molecule has 0 saturated carbocycles. The van der Waals surface area contributed by atoms with E-state index in [0.29, 0.717) is 5.25 Å². The van der Waals surface area contributed by atoms with Crippen LogP contribution in [0.3, 0.4) is 0 Å². The van der Waals surface area contributed by atoms with Crippen LogP contribution >= 0.6 is 27.7 Å². The molecule has 2 rings (SSSR count). The van der Waals surface area contributed by atoms with Gasteiger partial charge in [0.15, 0.2) is 0 Å². The Kier molecular flexibility index (Phi) is 5.35. The second-order valence-corrected chi connectivity index (χ2v) is 6.48. The van der Waals surface area contributed by atoms with Crippen molar-refractivity contribution >= 4 is 27.7 Å². The molecule has 1 fully saturated rings. The number of unbranched alkanes of at least 4 members (excludes halogenated alkanes) is 1. The van der Waals surface area contributed by atoms with Crippen LogP contribution in [0, 0.1) is 0 Å². The second kappa shape index (κ2) is 6.78. The van der Waals surface area contributed by atoms with Gasteiger partial charge in [-0.15, -0.1) is 11.8 Å². The zero-order valence-electron chi connectivity index (χ0n) is 9.82. The van der Waals surface area contributed by atoms with Gasteiger partial charge in [-0.2, -0.15) is 0 Å². The van der Waals surface area contributed by atoms with Gasteiger partial charge in [-0.3, -0.25) is 0 Å². The number of rotatable bonds is 6. The molecule has 1 heterocycles. The van der Waals surface area contributed by atoms with Crippen molar-refractivity contribution in [1.82, 2.24) is 0 Å². The number of halogens is 1. The highest BCUT2D eigenvalue weighted by Crippen LogP contribution is 2.34. The predicted octanol–water partition coefficient (Wildman–Crippen LogP) is 3.22. The van der Waals surface area contributed by atoms with Crippen LogP contribution in [-0.4, -0.2) is 25.0 Å². The van der Waals surface area contributed by atoms with Gasteiger partial charge >= 0.3 is 0 Å². The largest absolute Gasteiger partial charge is 0.379 e. The van der Waals surface area contributed by atoms with Crippen LogP contribution < -0.4 is 5.73 Å². The van der Waals surface area contributed by atoms with Crippen molar-refractivity contribution in [1.29, 1.82) is 0 Å². The Morgan fingerprint density at radius 2 is 2.18 bits per heavy atom. The molecule has 2 nitrogen and oxygen atoms in total. The lowest BCUT2D eigenvalue weighted by Gasteiger charge is -2.25. The fourth-order valence-corrected chi connectivity index (χ4v) is 3.44. The molecule has 0 radical (unpaired) electrons. The number of nitrogens with two attached hydrogens (primary N) is 1. The standard InChI is InChI=1S/C13H18BrNOS/c14-12-7-10(3-1-2-6-15)4-5-13(12)17-11-8-16-9-11/h4-5,7,11H,1-3,6,8-9,15H2. The van der Waals surface area contributed by atoms with Crippen LogP contribution in [0.1, 0.15) is 18.4 Å². The summed E-state index contributed by atoms with van der Waals surface area (Å²) in [5.41, 5.74) is 6.89. The van der Waals surface area contributed by atoms with Crippen molar-refractivity contribution in [2.24, 2.45) is 5.73 Å². The molecule has 0 aromatic heterocycles. The Hall–Kier alpha value is -0.0300. The molecule has 0 amide bonds. The number of ether oxygens (including phenoxy) is 1. The molecule has 4 heteroatoms. The molecule has 1 saturated heterocycles. The third-order valence-electron chi connectivity index (χ3n) is 2.82. The lowest BCUT2D eigenvalue weighted by Crippen LogP contribution is -2.30. The molecule has 0 bridgehead atoms. The summed E-state index contributed by atoms with van der Waals surface area (Å²) in [5.74, 6) is 0. The molecular weight excluding hydrogens is 298 g/mol. The van der Waals surface area contributed by atoms with Gasteiger partial charge in [0.1, 0.15) is 0 Å². The summed E-state index contributed by atoms with van der Waals surface area (Å²) in [6.07, 6.45) is 3.40. The van der Waals surface area contributed by atoms with E-state index in [0.717, 1.165) is 32.6 Å². The molecule has 0 spiro atoms. The number of aryl methyl sites for hydroxylation is 1. The Morgan fingerprint density at radius 1 is 1.35 bits per heavy atom. The predicted molar refractivity (Wildman–Crippen MR) is 76.6 cm³/mol. The Morgan fingerprint density at radius 3 is 2.76 bits per heavy atom. The van der Waals surface area contributed by atoms with Gasteiger partial charge in [-0.05, 0) is 59.4 Å². The van der Waals surface area contributed by atoms with Gasteiger partial charge in [-0.1, -0.05) is 6.07 Å². The zero-order chi connectivity index (χ0) is 12.1. The van der Waals surface area contributed by atoms with Gasteiger partial charge in [-0.25, -0.2) is 0 Å². The van der Waals surface area contributed by atoms with Gasteiger partial charge in [0.25, 0.3) is 0 Å². The summed E-state index contributed by atoms with van der Waals surface area (Å²) in [4.78, 5) is 1.32. The van der Waals surface area contributed by atoms with E-state index < -0.39 is 0 Å². The van der Waals surface area contributed by atoms with E-state index in [2.05, 4.69) is 34.1 Å². The van der Waals surface area contributed by atoms with Crippen molar-refractivity contribution in [2.75, 3.05) is 19.8 Å². The normalized spacial score (nSPS) is 15.9. The van der Waals surface area contributed by atoms with E-state index in [1.54, 1.807) is 0 Å². The van der Waals surface area contributed by atoms with Gasteiger partial charge in [0, 0.05) is 9.37 Å². The maximum Gasteiger partial charge on any atom is 0.0611 e. The summed E-state index contributed by atoms with van der Waals surface area (Å²) in [7, 11) is 0. The van der Waals surface area contributed by atoms with E-state index in [1.165, 1.54) is 21.4 Å². The third kappa shape index (κ3) is 3.98.